The van der Waals surface area contributed by atoms with Gasteiger partial charge in [-0.1, -0.05) is 0 Å². The summed E-state index contributed by atoms with van der Waals surface area (Å²) < 4.78 is 23.7. The fourth-order valence-corrected chi connectivity index (χ4v) is 3.43. The van der Waals surface area contributed by atoms with Gasteiger partial charge in [-0.2, -0.15) is 12.7 Å². The van der Waals surface area contributed by atoms with Crippen molar-refractivity contribution >= 4 is 10.2 Å². The summed E-state index contributed by atoms with van der Waals surface area (Å²) in [5.74, 6) is 0.908. The first kappa shape index (κ1) is 10.4. The Morgan fingerprint density at radius 3 is 2.43 bits per heavy atom. The Bertz CT molecular complexity index is 317. The number of hydrogen-bond acceptors (Lipinski definition) is 3. The number of rotatable bonds is 1. The minimum absolute atomic E-state index is 0.247. The van der Waals surface area contributed by atoms with Crippen molar-refractivity contribution in [2.45, 2.75) is 25.3 Å². The highest BCUT2D eigenvalue weighted by Crippen LogP contribution is 2.36. The van der Waals surface area contributed by atoms with E-state index in [1.165, 1.54) is 4.31 Å². The molecule has 3 atom stereocenters. The zero-order chi connectivity index (χ0) is 10.3. The Labute approximate surface area is 84.6 Å². The fourth-order valence-electron chi connectivity index (χ4n) is 2.63. The van der Waals surface area contributed by atoms with E-state index >= 15 is 0 Å². The summed E-state index contributed by atoms with van der Waals surface area (Å²) in [6.45, 7) is 1.16. The van der Waals surface area contributed by atoms with Crippen molar-refractivity contribution in [1.82, 2.24) is 4.31 Å². The molecular weight excluding hydrogens is 202 g/mol. The van der Waals surface area contributed by atoms with Crippen LogP contribution >= 0.6 is 0 Å². The molecule has 6 heteroatoms. The highest BCUT2D eigenvalue weighted by molar-refractivity contribution is 7.86. The molecule has 2 fully saturated rings. The Morgan fingerprint density at radius 1 is 1.14 bits per heavy atom. The molecule has 5 nitrogen and oxygen atoms in total. The number of hydrogen-bond donors (Lipinski definition) is 2. The van der Waals surface area contributed by atoms with E-state index in [9.17, 15) is 8.42 Å². The van der Waals surface area contributed by atoms with E-state index in [1.807, 2.05) is 0 Å². The summed E-state index contributed by atoms with van der Waals surface area (Å²) in [5.41, 5.74) is 5.85. The first-order chi connectivity index (χ1) is 6.47. The molecule has 1 aliphatic carbocycles. The largest absolute Gasteiger partial charge is 0.328 e. The molecule has 1 saturated heterocycles. The fraction of sp³-hybridized carbons (Fsp3) is 1.00. The molecule has 0 radical (unpaired) electrons. The predicted molar refractivity (Wildman–Crippen MR) is 53.5 cm³/mol. The average Bonchev–Trinajstić information content (AvgIpc) is 2.45. The summed E-state index contributed by atoms with van der Waals surface area (Å²) in [6.07, 6.45) is 2.99. The molecule has 2 aliphatic rings. The Kier molecular flexibility index (Phi) is 2.55. The Hall–Kier alpha value is -0.170. The van der Waals surface area contributed by atoms with Gasteiger partial charge in [-0.25, -0.2) is 5.14 Å². The van der Waals surface area contributed by atoms with E-state index in [4.69, 9.17) is 10.9 Å². The van der Waals surface area contributed by atoms with E-state index < -0.39 is 10.2 Å². The van der Waals surface area contributed by atoms with Crippen LogP contribution in [0.15, 0.2) is 0 Å². The third-order valence-electron chi connectivity index (χ3n) is 3.42. The van der Waals surface area contributed by atoms with Crippen molar-refractivity contribution in [3.8, 4) is 0 Å². The first-order valence-electron chi connectivity index (χ1n) is 5.00. The van der Waals surface area contributed by atoms with E-state index in [1.54, 1.807) is 0 Å². The second-order valence-electron chi connectivity index (χ2n) is 4.46. The quantitative estimate of drug-likeness (QED) is 0.608. The topological polar surface area (TPSA) is 89.4 Å². The molecule has 0 bridgehead atoms. The minimum Gasteiger partial charge on any atom is -0.328 e. The first-order valence-corrected chi connectivity index (χ1v) is 6.50. The van der Waals surface area contributed by atoms with Gasteiger partial charge in [0.15, 0.2) is 0 Å². The molecular formula is C8H17N3O2S. The summed E-state index contributed by atoms with van der Waals surface area (Å²) in [6, 6.07) is 0.247. The van der Waals surface area contributed by atoms with Crippen molar-refractivity contribution in [3.05, 3.63) is 0 Å². The Morgan fingerprint density at radius 2 is 1.79 bits per heavy atom. The summed E-state index contributed by atoms with van der Waals surface area (Å²) in [4.78, 5) is 0. The van der Waals surface area contributed by atoms with Gasteiger partial charge in [0.05, 0.1) is 0 Å². The molecule has 0 aromatic heterocycles. The number of fused-ring (bicyclic) bond motifs is 1. The molecule has 1 saturated carbocycles. The van der Waals surface area contributed by atoms with Gasteiger partial charge < -0.3 is 5.73 Å². The van der Waals surface area contributed by atoms with Crippen molar-refractivity contribution in [2.24, 2.45) is 22.7 Å². The molecule has 0 aromatic carbocycles. The molecule has 0 aromatic rings. The van der Waals surface area contributed by atoms with Crippen LogP contribution in [0.5, 0.6) is 0 Å². The van der Waals surface area contributed by atoms with Crippen LogP contribution in [0.3, 0.4) is 0 Å². The van der Waals surface area contributed by atoms with Crippen molar-refractivity contribution in [3.63, 3.8) is 0 Å². The van der Waals surface area contributed by atoms with Gasteiger partial charge in [-0.05, 0) is 31.1 Å². The van der Waals surface area contributed by atoms with E-state index in [-0.39, 0.29) is 6.04 Å². The van der Waals surface area contributed by atoms with Crippen LogP contribution in [0.2, 0.25) is 0 Å². The van der Waals surface area contributed by atoms with Gasteiger partial charge in [0.1, 0.15) is 0 Å². The molecule has 4 N–H and O–H groups in total. The smallest absolute Gasteiger partial charge is 0.276 e. The zero-order valence-corrected chi connectivity index (χ0v) is 8.91. The van der Waals surface area contributed by atoms with Crippen LogP contribution < -0.4 is 10.9 Å². The van der Waals surface area contributed by atoms with Crippen molar-refractivity contribution in [2.75, 3.05) is 13.1 Å². The van der Waals surface area contributed by atoms with E-state index in [2.05, 4.69) is 0 Å². The molecule has 1 heterocycles. The summed E-state index contributed by atoms with van der Waals surface area (Å²) in [5, 5.41) is 5.10. The van der Waals surface area contributed by atoms with Crippen LogP contribution in [0.25, 0.3) is 0 Å². The molecule has 1 aliphatic heterocycles. The zero-order valence-electron chi connectivity index (χ0n) is 8.09. The lowest BCUT2D eigenvalue weighted by Gasteiger charge is -2.28. The highest BCUT2D eigenvalue weighted by Gasteiger charge is 2.40. The van der Waals surface area contributed by atoms with Crippen molar-refractivity contribution in [1.29, 1.82) is 0 Å². The Balaban J connectivity index is 2.06. The molecule has 0 spiro atoms. The maximum Gasteiger partial charge on any atom is 0.276 e. The number of nitrogens with two attached hydrogens (primary N) is 2. The van der Waals surface area contributed by atoms with Crippen LogP contribution in [0.1, 0.15) is 19.3 Å². The molecule has 14 heavy (non-hydrogen) atoms. The van der Waals surface area contributed by atoms with Crippen LogP contribution in [0, 0.1) is 11.8 Å². The van der Waals surface area contributed by atoms with Crippen LogP contribution in [-0.4, -0.2) is 31.9 Å². The monoisotopic (exact) mass is 219 g/mol. The lowest BCUT2D eigenvalue weighted by atomic mass is 9.79. The maximum atomic E-state index is 11.1. The van der Waals surface area contributed by atoms with Crippen LogP contribution in [-0.2, 0) is 10.2 Å². The van der Waals surface area contributed by atoms with Gasteiger partial charge in [-0.3, -0.25) is 0 Å². The van der Waals surface area contributed by atoms with Gasteiger partial charge in [0, 0.05) is 19.1 Å². The minimum atomic E-state index is -3.49. The third-order valence-corrected chi connectivity index (χ3v) is 4.43. The van der Waals surface area contributed by atoms with Gasteiger partial charge in [0.25, 0.3) is 10.2 Å². The van der Waals surface area contributed by atoms with E-state index in [0.717, 1.165) is 19.3 Å². The van der Waals surface area contributed by atoms with Gasteiger partial charge in [0.2, 0.25) is 0 Å². The lowest BCUT2D eigenvalue weighted by Crippen LogP contribution is -2.35. The highest BCUT2D eigenvalue weighted by atomic mass is 32.2. The van der Waals surface area contributed by atoms with Gasteiger partial charge in [-0.15, -0.1) is 0 Å². The average molecular weight is 219 g/mol. The van der Waals surface area contributed by atoms with Crippen LogP contribution in [0.4, 0.5) is 0 Å². The lowest BCUT2D eigenvalue weighted by molar-refractivity contribution is 0.271. The van der Waals surface area contributed by atoms with Gasteiger partial charge >= 0.3 is 0 Å². The molecule has 0 amide bonds. The maximum absolute atomic E-state index is 11.1. The summed E-state index contributed by atoms with van der Waals surface area (Å²) in [7, 11) is -3.49. The standard InChI is InChI=1S/C8H17N3O2S/c9-8-2-1-6-4-11(14(10,12)13)5-7(6)3-8/h6-8H,1-5,9H2,(H2,10,12,13)/t6-,7+,8?/m1/s1. The SMILES string of the molecule is NC1CC[C@@H]2CN(S(N)(=O)=O)C[C@@H]2C1. The number of nitrogens with zero attached hydrogens (tertiary/aromatic N) is 1. The summed E-state index contributed by atoms with van der Waals surface area (Å²) >= 11 is 0. The van der Waals surface area contributed by atoms with Crippen molar-refractivity contribution < 1.29 is 8.42 Å². The second kappa shape index (κ2) is 3.44. The predicted octanol–water partition coefficient (Wildman–Crippen LogP) is -0.751. The third kappa shape index (κ3) is 1.93. The molecule has 82 valence electrons. The normalized spacial score (nSPS) is 39.7. The second-order valence-corrected chi connectivity index (χ2v) is 6.00. The molecule has 1 unspecified atom stereocenters. The molecule has 2 rings (SSSR count). The van der Waals surface area contributed by atoms with E-state index in [0.29, 0.717) is 24.9 Å².